The van der Waals surface area contributed by atoms with Gasteiger partial charge >= 0.3 is 0 Å². The quantitative estimate of drug-likeness (QED) is 0.546. The fourth-order valence-electron chi connectivity index (χ4n) is 2.51. The van der Waals surface area contributed by atoms with E-state index in [4.69, 9.17) is 11.5 Å². The molecule has 0 bridgehead atoms. The molecular weight excluding hydrogens is 258 g/mol. The monoisotopic (exact) mass is 277 g/mol. The summed E-state index contributed by atoms with van der Waals surface area (Å²) in [7, 11) is 0. The van der Waals surface area contributed by atoms with Crippen molar-refractivity contribution in [2.24, 2.45) is 11.7 Å². The summed E-state index contributed by atoms with van der Waals surface area (Å²) in [5.41, 5.74) is 11.2. The van der Waals surface area contributed by atoms with Crippen molar-refractivity contribution in [2.75, 3.05) is 12.3 Å². The maximum absolute atomic E-state index is 12.5. The van der Waals surface area contributed by atoms with Crippen LogP contribution in [0.15, 0.2) is 18.2 Å². The van der Waals surface area contributed by atoms with Crippen LogP contribution in [0.2, 0.25) is 0 Å². The van der Waals surface area contributed by atoms with Crippen LogP contribution >= 0.6 is 0 Å². The third-order valence-electron chi connectivity index (χ3n) is 3.84. The highest BCUT2D eigenvalue weighted by atomic mass is 16.3. The van der Waals surface area contributed by atoms with Crippen LogP contribution in [-0.4, -0.2) is 34.4 Å². The first-order valence-electron chi connectivity index (χ1n) is 6.59. The zero-order chi connectivity index (χ0) is 14.9. The van der Waals surface area contributed by atoms with E-state index in [1.54, 1.807) is 11.0 Å². The lowest BCUT2D eigenvalue weighted by molar-refractivity contribution is -0.123. The van der Waals surface area contributed by atoms with E-state index in [0.717, 1.165) is 0 Å². The summed E-state index contributed by atoms with van der Waals surface area (Å²) in [6, 6.07) is 4.66. The Labute approximate surface area is 117 Å². The van der Waals surface area contributed by atoms with Crippen LogP contribution in [-0.2, 0) is 4.79 Å². The average Bonchev–Trinajstić information content (AvgIpc) is 2.41. The lowest BCUT2D eigenvalue weighted by Gasteiger charge is -2.37. The Balaban J connectivity index is 2.26. The van der Waals surface area contributed by atoms with Gasteiger partial charge in [0.1, 0.15) is 0 Å². The van der Waals surface area contributed by atoms with Crippen LogP contribution in [0.3, 0.4) is 0 Å². The number of primary amides is 1. The van der Waals surface area contributed by atoms with E-state index in [9.17, 15) is 14.7 Å². The van der Waals surface area contributed by atoms with Crippen LogP contribution in [0.25, 0.3) is 0 Å². The summed E-state index contributed by atoms with van der Waals surface area (Å²) in [6.45, 7) is 2.20. The van der Waals surface area contributed by atoms with Gasteiger partial charge in [-0.3, -0.25) is 9.59 Å². The fourth-order valence-corrected chi connectivity index (χ4v) is 2.51. The lowest BCUT2D eigenvalue weighted by atomic mass is 9.92. The number of amides is 2. The number of benzene rings is 1. The van der Waals surface area contributed by atoms with Gasteiger partial charge in [0.2, 0.25) is 5.91 Å². The molecule has 2 atom stereocenters. The van der Waals surface area contributed by atoms with E-state index in [1.165, 1.54) is 12.1 Å². The van der Waals surface area contributed by atoms with E-state index in [0.29, 0.717) is 12.8 Å². The van der Waals surface area contributed by atoms with E-state index >= 15 is 0 Å². The lowest BCUT2D eigenvalue weighted by Crippen LogP contribution is -2.48. The molecule has 0 saturated carbocycles. The maximum atomic E-state index is 12.5. The van der Waals surface area contributed by atoms with Gasteiger partial charge in [0, 0.05) is 12.6 Å². The van der Waals surface area contributed by atoms with Crippen molar-refractivity contribution in [3.05, 3.63) is 23.8 Å². The maximum Gasteiger partial charge on any atom is 0.257 e. The summed E-state index contributed by atoms with van der Waals surface area (Å²) in [4.78, 5) is 25.4. The molecule has 2 unspecified atom stereocenters. The molecule has 6 heteroatoms. The zero-order valence-corrected chi connectivity index (χ0v) is 11.4. The fraction of sp³-hybridized carbons (Fsp3) is 0.429. The van der Waals surface area contributed by atoms with Gasteiger partial charge in [-0.05, 0) is 31.9 Å². The highest BCUT2D eigenvalue weighted by Crippen LogP contribution is 2.29. The van der Waals surface area contributed by atoms with Crippen LogP contribution < -0.4 is 11.5 Å². The Morgan fingerprint density at radius 2 is 2.05 bits per heavy atom. The molecule has 0 radical (unpaired) electrons. The molecule has 108 valence electrons. The average molecular weight is 277 g/mol. The normalized spacial score (nSPS) is 22.6. The van der Waals surface area contributed by atoms with E-state index in [2.05, 4.69) is 0 Å². The second-order valence-electron chi connectivity index (χ2n) is 5.23. The number of hydrogen-bond acceptors (Lipinski definition) is 4. The van der Waals surface area contributed by atoms with Gasteiger partial charge < -0.3 is 21.5 Å². The zero-order valence-electron chi connectivity index (χ0n) is 11.4. The molecule has 1 aromatic carbocycles. The van der Waals surface area contributed by atoms with Gasteiger partial charge in [0.25, 0.3) is 5.91 Å². The first kappa shape index (κ1) is 14.2. The Hall–Kier alpha value is -2.24. The third kappa shape index (κ3) is 2.54. The van der Waals surface area contributed by atoms with Crippen molar-refractivity contribution in [3.8, 4) is 5.75 Å². The van der Waals surface area contributed by atoms with Crippen molar-refractivity contribution in [1.29, 1.82) is 0 Å². The predicted octanol–water partition coefficient (Wildman–Crippen LogP) is 0.700. The number of nitrogens with two attached hydrogens (primary N) is 2. The van der Waals surface area contributed by atoms with Gasteiger partial charge in [-0.25, -0.2) is 0 Å². The van der Waals surface area contributed by atoms with E-state index in [-0.39, 0.29) is 41.4 Å². The third-order valence-corrected chi connectivity index (χ3v) is 3.84. The number of nitrogens with zero attached hydrogens (tertiary/aromatic N) is 1. The topological polar surface area (TPSA) is 110 Å². The van der Waals surface area contributed by atoms with Crippen molar-refractivity contribution < 1.29 is 14.7 Å². The van der Waals surface area contributed by atoms with Crippen LogP contribution in [0.1, 0.15) is 30.1 Å². The minimum absolute atomic E-state index is 0.000990. The number of para-hydroxylation sites is 1. The van der Waals surface area contributed by atoms with Gasteiger partial charge in [-0.2, -0.15) is 0 Å². The molecule has 1 aliphatic rings. The van der Waals surface area contributed by atoms with Crippen molar-refractivity contribution in [3.63, 3.8) is 0 Å². The number of carbonyl (C=O) groups excluding carboxylic acids is 2. The second-order valence-corrected chi connectivity index (χ2v) is 5.23. The molecule has 5 N–H and O–H groups in total. The van der Waals surface area contributed by atoms with E-state index in [1.807, 2.05) is 6.92 Å². The first-order chi connectivity index (χ1) is 9.41. The second kappa shape index (κ2) is 5.40. The number of likely N-dealkylation sites (tertiary alicyclic amines) is 1. The molecule has 1 saturated heterocycles. The highest BCUT2D eigenvalue weighted by Gasteiger charge is 2.33. The van der Waals surface area contributed by atoms with Gasteiger partial charge in [-0.15, -0.1) is 0 Å². The SMILES string of the molecule is CC1CCC(C(N)=O)CN1C(=O)c1cccc(N)c1O. The number of phenolic OH excluding ortho intramolecular Hbond substituents is 1. The Kier molecular flexibility index (Phi) is 3.83. The minimum atomic E-state index is -0.397. The van der Waals surface area contributed by atoms with Gasteiger partial charge in [-0.1, -0.05) is 6.07 Å². The van der Waals surface area contributed by atoms with E-state index < -0.39 is 5.91 Å². The molecule has 1 heterocycles. The Morgan fingerprint density at radius 3 is 2.70 bits per heavy atom. The molecule has 1 aromatic rings. The summed E-state index contributed by atoms with van der Waals surface area (Å²) < 4.78 is 0. The van der Waals surface area contributed by atoms with Gasteiger partial charge in [0.15, 0.2) is 5.75 Å². The van der Waals surface area contributed by atoms with Crippen LogP contribution in [0.5, 0.6) is 5.75 Å². The molecule has 6 nitrogen and oxygen atoms in total. The molecule has 0 aromatic heterocycles. The Morgan fingerprint density at radius 1 is 1.35 bits per heavy atom. The molecule has 1 aliphatic heterocycles. The number of piperidine rings is 1. The standard InChI is InChI=1S/C14H19N3O3/c1-8-5-6-9(13(16)19)7-17(8)14(20)10-3-2-4-11(15)12(10)18/h2-4,8-9,18H,5-7,15H2,1H3,(H2,16,19). The van der Waals surface area contributed by atoms with Gasteiger partial charge in [0.05, 0.1) is 17.2 Å². The van der Waals surface area contributed by atoms with Crippen LogP contribution in [0, 0.1) is 5.92 Å². The summed E-state index contributed by atoms with van der Waals surface area (Å²) >= 11 is 0. The molecule has 0 spiro atoms. The molecule has 2 rings (SSSR count). The molecule has 0 aliphatic carbocycles. The molecule has 2 amide bonds. The Bertz CT molecular complexity index is 544. The summed E-state index contributed by atoms with van der Waals surface area (Å²) in [5, 5.41) is 9.90. The molecule has 1 fully saturated rings. The number of aromatic hydroxyl groups is 1. The number of rotatable bonds is 2. The molecule has 20 heavy (non-hydrogen) atoms. The van der Waals surface area contributed by atoms with Crippen LogP contribution in [0.4, 0.5) is 5.69 Å². The number of phenols is 1. The predicted molar refractivity (Wildman–Crippen MR) is 74.9 cm³/mol. The summed E-state index contributed by atoms with van der Waals surface area (Å²) in [5.74, 6) is -1.27. The number of hydrogen-bond donors (Lipinski definition) is 3. The number of carbonyl (C=O) groups is 2. The van der Waals surface area contributed by atoms with Crippen molar-refractivity contribution in [1.82, 2.24) is 4.90 Å². The highest BCUT2D eigenvalue weighted by molar-refractivity contribution is 5.99. The number of nitrogen functional groups attached to an aromatic ring is 1. The largest absolute Gasteiger partial charge is 0.505 e. The number of anilines is 1. The smallest absolute Gasteiger partial charge is 0.257 e. The molecular formula is C14H19N3O3. The first-order valence-corrected chi connectivity index (χ1v) is 6.59. The van der Waals surface area contributed by atoms with Crippen molar-refractivity contribution >= 4 is 17.5 Å². The van der Waals surface area contributed by atoms with Crippen molar-refractivity contribution in [2.45, 2.75) is 25.8 Å². The minimum Gasteiger partial charge on any atom is -0.505 e. The summed E-state index contributed by atoms with van der Waals surface area (Å²) in [6.07, 6.45) is 1.39.